The average molecular weight is 207 g/mol. The van der Waals surface area contributed by atoms with Crippen LogP contribution in [-0.2, 0) is 4.74 Å². The van der Waals surface area contributed by atoms with Gasteiger partial charge in [0.1, 0.15) is 0 Å². The largest absolute Gasteiger partial charge is 0.379 e. The lowest BCUT2D eigenvalue weighted by molar-refractivity contribution is 0.0348. The van der Waals surface area contributed by atoms with Crippen LogP contribution < -0.4 is 5.32 Å². The fourth-order valence-corrected chi connectivity index (χ4v) is 1.97. The summed E-state index contributed by atoms with van der Waals surface area (Å²) in [7, 11) is 3.75. The Morgan fingerprint density at radius 3 is 2.13 bits per heavy atom. The summed E-state index contributed by atoms with van der Waals surface area (Å²) >= 11 is 0. The molecular weight excluding hydrogens is 186 g/mol. The number of hydrogen-bond acceptors (Lipinski definition) is 2. The van der Waals surface area contributed by atoms with Gasteiger partial charge in [0.2, 0.25) is 0 Å². The van der Waals surface area contributed by atoms with Crippen LogP contribution in [0.15, 0.2) is 30.3 Å². The third-order valence-corrected chi connectivity index (χ3v) is 2.73. The van der Waals surface area contributed by atoms with Crippen molar-refractivity contribution in [2.75, 3.05) is 14.2 Å². The molecule has 0 saturated heterocycles. The predicted molar refractivity (Wildman–Crippen MR) is 63.9 cm³/mol. The topological polar surface area (TPSA) is 21.3 Å². The first-order chi connectivity index (χ1) is 7.20. The van der Waals surface area contributed by atoms with Gasteiger partial charge in [-0.05, 0) is 18.5 Å². The maximum atomic E-state index is 5.56. The van der Waals surface area contributed by atoms with Crippen LogP contribution in [-0.4, -0.2) is 20.3 Å². The Morgan fingerprint density at radius 2 is 1.73 bits per heavy atom. The maximum absolute atomic E-state index is 5.56. The number of rotatable bonds is 5. The van der Waals surface area contributed by atoms with Gasteiger partial charge >= 0.3 is 0 Å². The molecule has 1 aromatic carbocycles. The normalized spacial score (nSPS) is 15.3. The van der Waals surface area contributed by atoms with E-state index in [1.54, 1.807) is 7.11 Å². The Kier molecular flexibility index (Phi) is 4.79. The summed E-state index contributed by atoms with van der Waals surface area (Å²) in [4.78, 5) is 0. The van der Waals surface area contributed by atoms with Gasteiger partial charge in [0.15, 0.2) is 0 Å². The van der Waals surface area contributed by atoms with E-state index in [4.69, 9.17) is 4.74 Å². The zero-order chi connectivity index (χ0) is 11.3. The van der Waals surface area contributed by atoms with E-state index in [0.29, 0.717) is 5.92 Å². The summed E-state index contributed by atoms with van der Waals surface area (Å²) in [6.45, 7) is 4.36. The number of likely N-dealkylation sites (N-methyl/N-ethyl adjacent to an activating group) is 1. The Bertz CT molecular complexity index is 271. The van der Waals surface area contributed by atoms with E-state index in [9.17, 15) is 0 Å². The highest BCUT2D eigenvalue weighted by molar-refractivity contribution is 5.20. The Morgan fingerprint density at radius 1 is 1.13 bits per heavy atom. The molecule has 84 valence electrons. The predicted octanol–water partition coefficient (Wildman–Crippen LogP) is 2.62. The summed E-state index contributed by atoms with van der Waals surface area (Å²) in [5.74, 6) is 0.493. The van der Waals surface area contributed by atoms with Crippen LogP contribution >= 0.6 is 0 Å². The van der Waals surface area contributed by atoms with Gasteiger partial charge in [0, 0.05) is 7.11 Å². The van der Waals surface area contributed by atoms with Crippen molar-refractivity contribution in [1.82, 2.24) is 5.32 Å². The van der Waals surface area contributed by atoms with Gasteiger partial charge in [-0.25, -0.2) is 0 Å². The monoisotopic (exact) mass is 207 g/mol. The van der Waals surface area contributed by atoms with Gasteiger partial charge in [0.05, 0.1) is 12.1 Å². The maximum Gasteiger partial charge on any atom is 0.0788 e. The molecule has 0 amide bonds. The number of ether oxygens (including phenoxy) is 1. The zero-order valence-corrected chi connectivity index (χ0v) is 10.0. The summed E-state index contributed by atoms with van der Waals surface area (Å²) in [6.07, 6.45) is 0.206. The van der Waals surface area contributed by atoms with Crippen molar-refractivity contribution in [2.24, 2.45) is 5.92 Å². The van der Waals surface area contributed by atoms with Gasteiger partial charge in [0.25, 0.3) is 0 Å². The van der Waals surface area contributed by atoms with E-state index in [1.165, 1.54) is 5.56 Å². The molecule has 15 heavy (non-hydrogen) atoms. The van der Waals surface area contributed by atoms with E-state index in [2.05, 4.69) is 43.4 Å². The lowest BCUT2D eigenvalue weighted by Crippen LogP contribution is -2.34. The second-order valence-electron chi connectivity index (χ2n) is 4.12. The van der Waals surface area contributed by atoms with Crippen LogP contribution in [0, 0.1) is 5.92 Å². The smallest absolute Gasteiger partial charge is 0.0788 e. The van der Waals surface area contributed by atoms with Crippen LogP contribution in [0.3, 0.4) is 0 Å². The molecule has 1 rings (SSSR count). The molecular formula is C13H21NO. The quantitative estimate of drug-likeness (QED) is 0.801. The highest BCUT2D eigenvalue weighted by Gasteiger charge is 2.23. The van der Waals surface area contributed by atoms with Crippen LogP contribution in [0.4, 0.5) is 0 Å². The second-order valence-corrected chi connectivity index (χ2v) is 4.12. The van der Waals surface area contributed by atoms with E-state index in [0.717, 1.165) is 0 Å². The molecule has 0 aliphatic rings. The Balaban J connectivity index is 2.87. The van der Waals surface area contributed by atoms with Crippen molar-refractivity contribution < 1.29 is 4.74 Å². The molecule has 2 heteroatoms. The first-order valence-electron chi connectivity index (χ1n) is 5.45. The molecule has 0 fully saturated rings. The summed E-state index contributed by atoms with van der Waals surface area (Å²) in [5.41, 5.74) is 1.28. The van der Waals surface area contributed by atoms with Gasteiger partial charge in [-0.15, -0.1) is 0 Å². The lowest BCUT2D eigenvalue weighted by Gasteiger charge is -2.29. The first-order valence-corrected chi connectivity index (χ1v) is 5.45. The molecule has 2 unspecified atom stereocenters. The minimum Gasteiger partial charge on any atom is -0.379 e. The molecule has 0 aliphatic heterocycles. The third kappa shape index (κ3) is 3.05. The number of nitrogens with one attached hydrogen (secondary N) is 1. The molecule has 0 bridgehead atoms. The minimum absolute atomic E-state index is 0.206. The third-order valence-electron chi connectivity index (χ3n) is 2.73. The summed E-state index contributed by atoms with van der Waals surface area (Å²) < 4.78 is 5.56. The summed E-state index contributed by atoms with van der Waals surface area (Å²) in [5, 5.41) is 3.33. The molecule has 2 nitrogen and oxygen atoms in total. The van der Waals surface area contributed by atoms with Crippen LogP contribution in [0.25, 0.3) is 0 Å². The Hall–Kier alpha value is -0.860. The van der Waals surface area contributed by atoms with Crippen LogP contribution in [0.2, 0.25) is 0 Å². The van der Waals surface area contributed by atoms with Crippen molar-refractivity contribution in [2.45, 2.75) is 26.0 Å². The fraction of sp³-hybridized carbons (Fsp3) is 0.538. The Labute approximate surface area is 92.6 Å². The number of methoxy groups -OCH3 is 1. The van der Waals surface area contributed by atoms with Crippen molar-refractivity contribution >= 4 is 0 Å². The molecule has 0 aliphatic carbocycles. The van der Waals surface area contributed by atoms with Gasteiger partial charge < -0.3 is 10.1 Å². The molecule has 0 aromatic heterocycles. The zero-order valence-electron chi connectivity index (χ0n) is 10.0. The molecule has 0 radical (unpaired) electrons. The van der Waals surface area contributed by atoms with E-state index < -0.39 is 0 Å². The highest BCUT2D eigenvalue weighted by atomic mass is 16.5. The lowest BCUT2D eigenvalue weighted by atomic mass is 9.93. The molecule has 2 atom stereocenters. The molecule has 1 N–H and O–H groups in total. The van der Waals surface area contributed by atoms with E-state index >= 15 is 0 Å². The molecule has 0 heterocycles. The van der Waals surface area contributed by atoms with Gasteiger partial charge in [-0.2, -0.15) is 0 Å². The van der Waals surface area contributed by atoms with Crippen molar-refractivity contribution in [3.8, 4) is 0 Å². The highest BCUT2D eigenvalue weighted by Crippen LogP contribution is 2.23. The van der Waals surface area contributed by atoms with Crippen LogP contribution in [0.1, 0.15) is 25.5 Å². The molecule has 0 spiro atoms. The van der Waals surface area contributed by atoms with Crippen molar-refractivity contribution in [3.05, 3.63) is 35.9 Å². The standard InChI is InChI=1S/C13H21NO/c1-10(2)13(15-4)12(14-3)11-8-6-5-7-9-11/h5-10,12-14H,1-4H3. The van der Waals surface area contributed by atoms with Gasteiger partial charge in [-0.1, -0.05) is 44.2 Å². The molecule has 0 saturated carbocycles. The number of benzene rings is 1. The van der Waals surface area contributed by atoms with Crippen molar-refractivity contribution in [1.29, 1.82) is 0 Å². The first kappa shape index (κ1) is 12.2. The SMILES string of the molecule is CNC(c1ccccc1)C(OC)C(C)C. The fourth-order valence-electron chi connectivity index (χ4n) is 1.97. The molecule has 1 aromatic rings. The second kappa shape index (κ2) is 5.89. The summed E-state index contributed by atoms with van der Waals surface area (Å²) in [6, 6.07) is 10.7. The van der Waals surface area contributed by atoms with E-state index in [1.807, 2.05) is 13.1 Å². The minimum atomic E-state index is 0.206. The van der Waals surface area contributed by atoms with E-state index in [-0.39, 0.29) is 12.1 Å². The van der Waals surface area contributed by atoms with Crippen LogP contribution in [0.5, 0.6) is 0 Å². The average Bonchev–Trinajstić information content (AvgIpc) is 2.26. The number of hydrogen-bond donors (Lipinski definition) is 1. The van der Waals surface area contributed by atoms with Crippen molar-refractivity contribution in [3.63, 3.8) is 0 Å². The van der Waals surface area contributed by atoms with Gasteiger partial charge in [-0.3, -0.25) is 0 Å².